The predicted octanol–water partition coefficient (Wildman–Crippen LogP) is 2.42. The summed E-state index contributed by atoms with van der Waals surface area (Å²) in [5, 5.41) is 8.44. The first-order chi connectivity index (χ1) is 12.9. The quantitative estimate of drug-likeness (QED) is 0.748. The van der Waals surface area contributed by atoms with Gasteiger partial charge in [-0.2, -0.15) is 14.4 Å². The van der Waals surface area contributed by atoms with E-state index in [2.05, 4.69) is 15.2 Å². The molecule has 0 bridgehead atoms. The Hall–Kier alpha value is -1.74. The summed E-state index contributed by atoms with van der Waals surface area (Å²) < 4.78 is 35.3. The number of nitrogens with zero attached hydrogens (tertiary/aromatic N) is 5. The molecule has 1 aliphatic heterocycles. The van der Waals surface area contributed by atoms with Gasteiger partial charge in [0.2, 0.25) is 15.9 Å². The van der Waals surface area contributed by atoms with Gasteiger partial charge in [0.15, 0.2) is 5.82 Å². The van der Waals surface area contributed by atoms with Gasteiger partial charge >= 0.3 is 0 Å². The predicted molar refractivity (Wildman–Crippen MR) is 98.8 cm³/mol. The summed E-state index contributed by atoms with van der Waals surface area (Å²) in [6.07, 6.45) is 4.72. The third-order valence-corrected chi connectivity index (χ3v) is 7.70. The minimum absolute atomic E-state index is 0.197. The SMILES string of the molecule is CCn1nc(C)c(S(=O)(=O)N2CCC[C@@H](Cc3nc(C4CC4)no3)C2)c1C. The van der Waals surface area contributed by atoms with Gasteiger partial charge in [-0.05, 0) is 52.4 Å². The van der Waals surface area contributed by atoms with Gasteiger partial charge in [0.25, 0.3) is 0 Å². The van der Waals surface area contributed by atoms with Gasteiger partial charge in [0.05, 0.1) is 11.4 Å². The number of sulfonamides is 1. The molecule has 0 aromatic carbocycles. The molecule has 1 saturated heterocycles. The Balaban J connectivity index is 1.50. The fourth-order valence-electron chi connectivity index (χ4n) is 4.01. The molecule has 0 radical (unpaired) electrons. The van der Waals surface area contributed by atoms with Crippen LogP contribution in [0.2, 0.25) is 0 Å². The normalized spacial score (nSPS) is 21.7. The summed E-state index contributed by atoms with van der Waals surface area (Å²) >= 11 is 0. The molecule has 2 aliphatic rings. The third kappa shape index (κ3) is 3.54. The maximum absolute atomic E-state index is 13.3. The first-order valence-electron chi connectivity index (χ1n) is 9.76. The number of hydrogen-bond donors (Lipinski definition) is 0. The van der Waals surface area contributed by atoms with Crippen molar-refractivity contribution in [1.82, 2.24) is 24.2 Å². The Bertz CT molecular complexity index is 929. The Morgan fingerprint density at radius 1 is 1.22 bits per heavy atom. The number of piperidine rings is 1. The highest BCUT2D eigenvalue weighted by Gasteiger charge is 2.35. The Labute approximate surface area is 160 Å². The number of rotatable bonds is 6. The van der Waals surface area contributed by atoms with Crippen molar-refractivity contribution in [3.63, 3.8) is 0 Å². The standard InChI is InChI=1S/C18H27N5O3S/c1-4-23-13(3)17(12(2)20-23)27(24,25)22-9-5-6-14(11-22)10-16-19-18(21-26-16)15-7-8-15/h14-15H,4-11H2,1-3H3/t14-/m0/s1. The monoisotopic (exact) mass is 393 g/mol. The van der Waals surface area contributed by atoms with Gasteiger partial charge in [-0.1, -0.05) is 5.16 Å². The lowest BCUT2D eigenvalue weighted by Gasteiger charge is -2.31. The summed E-state index contributed by atoms with van der Waals surface area (Å²) in [6.45, 7) is 7.26. The summed E-state index contributed by atoms with van der Waals surface area (Å²) in [4.78, 5) is 4.86. The molecule has 1 aliphatic carbocycles. The maximum Gasteiger partial charge on any atom is 0.246 e. The van der Waals surface area contributed by atoms with Crippen molar-refractivity contribution in [2.24, 2.45) is 5.92 Å². The van der Waals surface area contributed by atoms with Crippen molar-refractivity contribution in [1.29, 1.82) is 0 Å². The fraction of sp³-hybridized carbons (Fsp3) is 0.722. The van der Waals surface area contributed by atoms with Crippen LogP contribution in [0.1, 0.15) is 61.6 Å². The van der Waals surface area contributed by atoms with E-state index < -0.39 is 10.0 Å². The summed E-state index contributed by atoms with van der Waals surface area (Å²) in [5.74, 6) is 2.10. The summed E-state index contributed by atoms with van der Waals surface area (Å²) in [5.41, 5.74) is 1.28. The second kappa shape index (κ2) is 7.01. The Kier molecular flexibility index (Phi) is 4.84. The second-order valence-corrected chi connectivity index (χ2v) is 9.59. The van der Waals surface area contributed by atoms with Gasteiger partial charge in [-0.15, -0.1) is 0 Å². The van der Waals surface area contributed by atoms with E-state index in [9.17, 15) is 8.42 Å². The first kappa shape index (κ1) is 18.6. The van der Waals surface area contributed by atoms with Crippen molar-refractivity contribution in [2.75, 3.05) is 13.1 Å². The smallest absolute Gasteiger partial charge is 0.246 e. The molecule has 2 aromatic heterocycles. The van der Waals surface area contributed by atoms with Crippen molar-refractivity contribution in [3.05, 3.63) is 23.1 Å². The van der Waals surface area contributed by atoms with Crippen LogP contribution < -0.4 is 0 Å². The highest BCUT2D eigenvalue weighted by molar-refractivity contribution is 7.89. The summed E-state index contributed by atoms with van der Waals surface area (Å²) in [6, 6.07) is 0. The van der Waals surface area contributed by atoms with Gasteiger partial charge in [-0.25, -0.2) is 8.42 Å². The van der Waals surface area contributed by atoms with Crippen LogP contribution >= 0.6 is 0 Å². The molecule has 0 amide bonds. The topological polar surface area (TPSA) is 94.1 Å². The van der Waals surface area contributed by atoms with Crippen LogP contribution in [0.5, 0.6) is 0 Å². The molecule has 4 rings (SSSR count). The molecule has 0 spiro atoms. The highest BCUT2D eigenvalue weighted by Crippen LogP contribution is 2.38. The average Bonchev–Trinajstić information content (AvgIpc) is 3.31. The van der Waals surface area contributed by atoms with E-state index in [1.165, 1.54) is 0 Å². The van der Waals surface area contributed by atoms with E-state index in [0.717, 1.165) is 31.5 Å². The van der Waals surface area contributed by atoms with E-state index in [1.807, 2.05) is 13.8 Å². The lowest BCUT2D eigenvalue weighted by Crippen LogP contribution is -2.40. The third-order valence-electron chi connectivity index (χ3n) is 5.58. The molecular formula is C18H27N5O3S. The van der Waals surface area contributed by atoms with E-state index >= 15 is 0 Å². The van der Waals surface area contributed by atoms with Crippen molar-refractivity contribution >= 4 is 10.0 Å². The van der Waals surface area contributed by atoms with Crippen molar-refractivity contribution < 1.29 is 12.9 Å². The van der Waals surface area contributed by atoms with Crippen molar-refractivity contribution in [2.45, 2.75) is 70.2 Å². The number of hydrogen-bond acceptors (Lipinski definition) is 6. The molecule has 27 heavy (non-hydrogen) atoms. The van der Waals surface area contributed by atoms with Crippen LogP contribution in [-0.2, 0) is 23.0 Å². The van der Waals surface area contributed by atoms with Gasteiger partial charge in [-0.3, -0.25) is 4.68 Å². The largest absolute Gasteiger partial charge is 0.339 e. The zero-order valence-corrected chi connectivity index (χ0v) is 17.0. The van der Waals surface area contributed by atoms with E-state index in [0.29, 0.717) is 54.1 Å². The van der Waals surface area contributed by atoms with E-state index in [4.69, 9.17) is 4.52 Å². The van der Waals surface area contributed by atoms with E-state index in [1.54, 1.807) is 15.9 Å². The number of aryl methyl sites for hydroxylation is 2. The van der Waals surface area contributed by atoms with Crippen LogP contribution in [0.15, 0.2) is 9.42 Å². The molecule has 1 saturated carbocycles. The van der Waals surface area contributed by atoms with Crippen LogP contribution in [0.4, 0.5) is 0 Å². The molecule has 2 aromatic rings. The van der Waals surface area contributed by atoms with Gasteiger partial charge < -0.3 is 4.52 Å². The minimum Gasteiger partial charge on any atom is -0.339 e. The lowest BCUT2D eigenvalue weighted by atomic mass is 9.96. The molecule has 9 heteroatoms. The lowest BCUT2D eigenvalue weighted by molar-refractivity contribution is 0.246. The molecule has 2 fully saturated rings. The fourth-order valence-corrected chi connectivity index (χ4v) is 5.94. The van der Waals surface area contributed by atoms with Crippen molar-refractivity contribution in [3.8, 4) is 0 Å². The highest BCUT2D eigenvalue weighted by atomic mass is 32.2. The van der Waals surface area contributed by atoms with Crippen LogP contribution in [0.3, 0.4) is 0 Å². The molecule has 0 unspecified atom stereocenters. The van der Waals surface area contributed by atoms with E-state index in [-0.39, 0.29) is 5.92 Å². The molecular weight excluding hydrogens is 366 g/mol. The zero-order chi connectivity index (χ0) is 19.2. The Morgan fingerprint density at radius 3 is 2.67 bits per heavy atom. The maximum atomic E-state index is 13.3. The number of aromatic nitrogens is 4. The Morgan fingerprint density at radius 2 is 2.00 bits per heavy atom. The minimum atomic E-state index is -3.55. The molecule has 0 N–H and O–H groups in total. The van der Waals surface area contributed by atoms with Gasteiger partial charge in [0.1, 0.15) is 4.90 Å². The zero-order valence-electron chi connectivity index (χ0n) is 16.2. The van der Waals surface area contributed by atoms with Crippen LogP contribution in [0, 0.1) is 19.8 Å². The summed E-state index contributed by atoms with van der Waals surface area (Å²) in [7, 11) is -3.55. The molecule has 3 heterocycles. The second-order valence-electron chi connectivity index (χ2n) is 7.71. The first-order valence-corrected chi connectivity index (χ1v) is 11.2. The molecule has 8 nitrogen and oxygen atoms in total. The van der Waals surface area contributed by atoms with Crippen LogP contribution in [-0.4, -0.2) is 45.7 Å². The molecule has 148 valence electrons. The van der Waals surface area contributed by atoms with Gasteiger partial charge in [0, 0.05) is 32.0 Å². The van der Waals surface area contributed by atoms with Crippen LogP contribution in [0.25, 0.3) is 0 Å². The average molecular weight is 394 g/mol. The molecule has 1 atom stereocenters.